The molecule has 1 aliphatic heterocycles. The predicted molar refractivity (Wildman–Crippen MR) is 111 cm³/mol. The van der Waals surface area contributed by atoms with Gasteiger partial charge >= 0.3 is 0 Å². The molecule has 6 heteroatoms. The van der Waals surface area contributed by atoms with Gasteiger partial charge in [0.1, 0.15) is 6.10 Å². The molecule has 2 fully saturated rings. The third-order valence-electron chi connectivity index (χ3n) is 5.55. The largest absolute Gasteiger partial charge is 0.368 e. The van der Waals surface area contributed by atoms with E-state index in [4.69, 9.17) is 4.74 Å². The molecule has 1 saturated carbocycles. The van der Waals surface area contributed by atoms with Crippen LogP contribution in [0.25, 0.3) is 0 Å². The van der Waals surface area contributed by atoms with Crippen LogP contribution in [0.5, 0.6) is 0 Å². The molecule has 1 saturated heterocycles. The zero-order chi connectivity index (χ0) is 19.6. The summed E-state index contributed by atoms with van der Waals surface area (Å²) in [6, 6.07) is 15.2. The number of nitrogens with one attached hydrogen (secondary N) is 2. The molecule has 2 N–H and O–H groups in total. The highest BCUT2D eigenvalue weighted by Gasteiger charge is 2.40. The molecule has 1 atom stereocenters. The van der Waals surface area contributed by atoms with Gasteiger partial charge in [-0.15, -0.1) is 0 Å². The monoisotopic (exact) mass is 442 g/mol. The van der Waals surface area contributed by atoms with Crippen LogP contribution in [0.3, 0.4) is 0 Å². The summed E-state index contributed by atoms with van der Waals surface area (Å²) in [5.41, 5.74) is 1.94. The van der Waals surface area contributed by atoms with Crippen molar-refractivity contribution in [3.05, 3.63) is 64.1 Å². The van der Waals surface area contributed by atoms with Gasteiger partial charge in [0.2, 0.25) is 0 Å². The topological polar surface area (TPSA) is 67.4 Å². The van der Waals surface area contributed by atoms with Gasteiger partial charge in [-0.25, -0.2) is 0 Å². The molecule has 1 aliphatic carbocycles. The zero-order valence-corrected chi connectivity index (χ0v) is 17.1. The van der Waals surface area contributed by atoms with Gasteiger partial charge < -0.3 is 15.4 Å². The Balaban J connectivity index is 1.48. The van der Waals surface area contributed by atoms with Crippen LogP contribution >= 0.6 is 15.9 Å². The molecule has 4 rings (SSSR count). The molecule has 5 nitrogen and oxygen atoms in total. The Morgan fingerprint density at radius 2 is 1.89 bits per heavy atom. The standard InChI is InChI=1S/C22H23BrN2O3/c23-17-7-2-6-16(14-17)22(10-4-11-22)25-20(26)15-5-1-8-18(13-15)24-21(27)19-9-3-12-28-19/h1-2,5-8,13-14,19H,3-4,9-12H2,(H,24,27)(H,25,26)/t19-/m1/s1. The zero-order valence-electron chi connectivity index (χ0n) is 15.5. The van der Waals surface area contributed by atoms with E-state index in [0.29, 0.717) is 17.9 Å². The van der Waals surface area contributed by atoms with E-state index in [0.717, 1.165) is 42.1 Å². The van der Waals surface area contributed by atoms with Gasteiger partial charge in [0.05, 0.1) is 5.54 Å². The summed E-state index contributed by atoms with van der Waals surface area (Å²) in [7, 11) is 0. The second-order valence-electron chi connectivity index (χ2n) is 7.47. The first-order valence-corrected chi connectivity index (χ1v) is 10.5. The third-order valence-corrected chi connectivity index (χ3v) is 6.04. The minimum absolute atomic E-state index is 0.132. The predicted octanol–water partition coefficient (Wildman–Crippen LogP) is 4.38. The third kappa shape index (κ3) is 3.98. The van der Waals surface area contributed by atoms with E-state index in [1.807, 2.05) is 12.1 Å². The number of rotatable bonds is 5. The normalized spacial score (nSPS) is 20.2. The Morgan fingerprint density at radius 3 is 2.57 bits per heavy atom. The second-order valence-corrected chi connectivity index (χ2v) is 8.39. The average Bonchev–Trinajstić information content (AvgIpc) is 3.19. The molecule has 2 aromatic rings. The molecule has 2 amide bonds. The van der Waals surface area contributed by atoms with Gasteiger partial charge in [0, 0.05) is 22.3 Å². The molecule has 0 aromatic heterocycles. The smallest absolute Gasteiger partial charge is 0.253 e. The molecule has 1 heterocycles. The van der Waals surface area contributed by atoms with Gasteiger partial charge in [-0.1, -0.05) is 34.1 Å². The number of carbonyl (C=O) groups is 2. The summed E-state index contributed by atoms with van der Waals surface area (Å²) in [5, 5.41) is 6.09. The molecule has 0 unspecified atom stereocenters. The van der Waals surface area contributed by atoms with E-state index in [1.165, 1.54) is 0 Å². The van der Waals surface area contributed by atoms with Gasteiger partial charge in [-0.3, -0.25) is 9.59 Å². The fraction of sp³-hybridized carbons (Fsp3) is 0.364. The number of hydrogen-bond donors (Lipinski definition) is 2. The van der Waals surface area contributed by atoms with E-state index in [1.54, 1.807) is 24.3 Å². The summed E-state index contributed by atoms with van der Waals surface area (Å²) in [5.74, 6) is -0.285. The van der Waals surface area contributed by atoms with Crippen LogP contribution in [-0.4, -0.2) is 24.5 Å². The maximum atomic E-state index is 12.9. The van der Waals surface area contributed by atoms with Gasteiger partial charge in [0.25, 0.3) is 11.8 Å². The lowest BCUT2D eigenvalue weighted by atomic mass is 9.71. The van der Waals surface area contributed by atoms with Crippen molar-refractivity contribution in [1.29, 1.82) is 0 Å². The van der Waals surface area contributed by atoms with E-state index in [2.05, 4.69) is 38.7 Å². The highest BCUT2D eigenvalue weighted by atomic mass is 79.9. The number of halogens is 1. The van der Waals surface area contributed by atoms with Crippen LogP contribution in [0.15, 0.2) is 53.0 Å². The van der Waals surface area contributed by atoms with Gasteiger partial charge in [-0.2, -0.15) is 0 Å². The van der Waals surface area contributed by atoms with Crippen LogP contribution in [0.1, 0.15) is 48.0 Å². The highest BCUT2D eigenvalue weighted by Crippen LogP contribution is 2.42. The van der Waals surface area contributed by atoms with Gasteiger partial charge in [0.15, 0.2) is 0 Å². The first-order valence-electron chi connectivity index (χ1n) is 9.67. The van der Waals surface area contributed by atoms with Crippen molar-refractivity contribution in [1.82, 2.24) is 5.32 Å². The summed E-state index contributed by atoms with van der Waals surface area (Å²) in [6.07, 6.45) is 4.17. The van der Waals surface area contributed by atoms with Crippen molar-refractivity contribution in [3.63, 3.8) is 0 Å². The quantitative estimate of drug-likeness (QED) is 0.721. The van der Waals surface area contributed by atoms with Crippen LogP contribution < -0.4 is 10.6 Å². The minimum Gasteiger partial charge on any atom is -0.368 e. The molecule has 0 radical (unpaired) electrons. The first kappa shape index (κ1) is 19.2. The molecular formula is C22H23BrN2O3. The van der Waals surface area contributed by atoms with Crippen molar-refractivity contribution in [3.8, 4) is 0 Å². The Bertz CT molecular complexity index is 889. The second kappa shape index (κ2) is 8.05. The van der Waals surface area contributed by atoms with Crippen molar-refractivity contribution >= 4 is 33.4 Å². The number of amides is 2. The molecule has 2 aromatic carbocycles. The van der Waals surface area contributed by atoms with Gasteiger partial charge in [-0.05, 0) is 68.0 Å². The lowest BCUT2D eigenvalue weighted by Gasteiger charge is -2.43. The maximum absolute atomic E-state index is 12.9. The minimum atomic E-state index is -0.396. The van der Waals surface area contributed by atoms with E-state index < -0.39 is 6.10 Å². The van der Waals surface area contributed by atoms with Crippen LogP contribution in [0.2, 0.25) is 0 Å². The van der Waals surface area contributed by atoms with E-state index in [9.17, 15) is 9.59 Å². The van der Waals surface area contributed by atoms with E-state index >= 15 is 0 Å². The molecular weight excluding hydrogens is 420 g/mol. The van der Waals surface area contributed by atoms with Crippen molar-refractivity contribution < 1.29 is 14.3 Å². The maximum Gasteiger partial charge on any atom is 0.253 e. The van der Waals surface area contributed by atoms with Crippen molar-refractivity contribution in [2.24, 2.45) is 0 Å². The van der Waals surface area contributed by atoms with E-state index in [-0.39, 0.29) is 17.4 Å². The van der Waals surface area contributed by atoms with Crippen molar-refractivity contribution in [2.45, 2.75) is 43.7 Å². The fourth-order valence-corrected chi connectivity index (χ4v) is 4.24. The number of benzene rings is 2. The molecule has 0 spiro atoms. The van der Waals surface area contributed by atoms with Crippen LogP contribution in [-0.2, 0) is 15.1 Å². The highest BCUT2D eigenvalue weighted by molar-refractivity contribution is 9.10. The Hall–Kier alpha value is -2.18. The Labute approximate surface area is 173 Å². The lowest BCUT2D eigenvalue weighted by molar-refractivity contribution is -0.124. The first-order chi connectivity index (χ1) is 13.6. The summed E-state index contributed by atoms with van der Waals surface area (Å²) in [6.45, 7) is 0.623. The van der Waals surface area contributed by atoms with Crippen LogP contribution in [0.4, 0.5) is 5.69 Å². The SMILES string of the molecule is O=C(NC1(c2cccc(Br)c2)CCC1)c1cccc(NC(=O)[C@H]2CCCO2)c1. The summed E-state index contributed by atoms with van der Waals surface area (Å²) >= 11 is 3.52. The van der Waals surface area contributed by atoms with Crippen molar-refractivity contribution in [2.75, 3.05) is 11.9 Å². The molecule has 2 aliphatic rings. The van der Waals surface area contributed by atoms with Crippen LogP contribution in [0, 0.1) is 0 Å². The number of hydrogen-bond acceptors (Lipinski definition) is 3. The Morgan fingerprint density at radius 1 is 1.07 bits per heavy atom. The summed E-state index contributed by atoms with van der Waals surface area (Å²) in [4.78, 5) is 25.2. The Kier molecular flexibility index (Phi) is 5.51. The summed E-state index contributed by atoms with van der Waals surface area (Å²) < 4.78 is 6.42. The molecule has 146 valence electrons. The molecule has 0 bridgehead atoms. The lowest BCUT2D eigenvalue weighted by Crippen LogP contribution is -2.50. The number of carbonyl (C=O) groups excluding carboxylic acids is 2. The number of anilines is 1. The average molecular weight is 443 g/mol. The fourth-order valence-electron chi connectivity index (χ4n) is 3.84. The molecule has 28 heavy (non-hydrogen) atoms. The number of ether oxygens (including phenoxy) is 1.